The van der Waals surface area contributed by atoms with Gasteiger partial charge in [-0.15, -0.1) is 0 Å². The molecule has 1 atom stereocenters. The number of aliphatic hydroxyl groups is 1. The molecule has 0 fully saturated rings. The lowest BCUT2D eigenvalue weighted by Gasteiger charge is -2.26. The predicted octanol–water partition coefficient (Wildman–Crippen LogP) is 4.67. The number of hydrogen-bond acceptors (Lipinski definition) is 8. The van der Waals surface area contributed by atoms with E-state index in [1.54, 1.807) is 31.4 Å². The number of ether oxygens (including phenoxy) is 7. The molecule has 0 heterocycles. The Hall–Kier alpha value is -3.46. The zero-order valence-corrected chi connectivity index (χ0v) is 20.9. The topological polar surface area (TPSA) is 84.8 Å². The Balaban J connectivity index is 2.19. The van der Waals surface area contributed by atoms with Gasteiger partial charge in [0.15, 0.2) is 29.3 Å². The minimum absolute atomic E-state index is 0.275. The van der Waals surface area contributed by atoms with Gasteiger partial charge in [0.05, 0.1) is 28.4 Å². The average molecular weight is 485 g/mol. The highest BCUT2D eigenvalue weighted by atomic mass is 16.7. The van der Waals surface area contributed by atoms with Crippen LogP contribution >= 0.6 is 0 Å². The van der Waals surface area contributed by atoms with Crippen LogP contribution in [0.4, 0.5) is 0 Å². The summed E-state index contributed by atoms with van der Waals surface area (Å²) in [4.78, 5) is 0. The van der Waals surface area contributed by atoms with Gasteiger partial charge in [-0.2, -0.15) is 0 Å². The fourth-order valence-corrected chi connectivity index (χ4v) is 3.89. The van der Waals surface area contributed by atoms with E-state index >= 15 is 0 Å². The summed E-state index contributed by atoms with van der Waals surface area (Å²) in [6.07, 6.45) is -1.94. The largest absolute Gasteiger partial charge is 0.493 e. The molecule has 0 saturated heterocycles. The van der Waals surface area contributed by atoms with Gasteiger partial charge in [0.25, 0.3) is 0 Å². The van der Waals surface area contributed by atoms with E-state index in [-0.39, 0.29) is 6.61 Å². The van der Waals surface area contributed by atoms with E-state index < -0.39 is 12.4 Å². The Labute approximate surface area is 205 Å². The fraction of sp³-hybridized carbons (Fsp3) is 0.333. The Bertz CT molecular complexity index is 1100. The second-order valence-electron chi connectivity index (χ2n) is 7.54. The van der Waals surface area contributed by atoms with Crippen molar-refractivity contribution >= 4 is 0 Å². The maximum atomic E-state index is 11.6. The minimum atomic E-state index is -1.14. The van der Waals surface area contributed by atoms with Gasteiger partial charge in [-0.25, -0.2) is 0 Å². The molecular weight excluding hydrogens is 452 g/mol. The number of aliphatic hydroxyl groups excluding tert-OH is 1. The van der Waals surface area contributed by atoms with Crippen LogP contribution in [0, 0.1) is 0 Å². The van der Waals surface area contributed by atoms with E-state index in [9.17, 15) is 5.11 Å². The summed E-state index contributed by atoms with van der Waals surface area (Å²) in [5.74, 6) is 2.09. The highest BCUT2D eigenvalue weighted by molar-refractivity contribution is 5.62. The van der Waals surface area contributed by atoms with Crippen LogP contribution in [0.1, 0.15) is 34.6 Å². The number of methoxy groups -OCH3 is 6. The van der Waals surface area contributed by atoms with Gasteiger partial charge in [0, 0.05) is 25.3 Å². The molecule has 8 nitrogen and oxygen atoms in total. The van der Waals surface area contributed by atoms with Crippen molar-refractivity contribution in [3.8, 4) is 28.7 Å². The van der Waals surface area contributed by atoms with Crippen molar-refractivity contribution < 1.29 is 38.3 Å². The van der Waals surface area contributed by atoms with Crippen molar-refractivity contribution in [2.75, 3.05) is 42.7 Å². The van der Waals surface area contributed by atoms with Crippen LogP contribution in [-0.2, 0) is 16.1 Å². The van der Waals surface area contributed by atoms with Gasteiger partial charge in [-0.05, 0) is 29.3 Å². The quantitative estimate of drug-likeness (QED) is 0.371. The van der Waals surface area contributed by atoms with Crippen molar-refractivity contribution in [3.05, 3.63) is 76.9 Å². The molecular formula is C27H32O8. The molecule has 0 saturated carbocycles. The molecule has 3 aromatic carbocycles. The van der Waals surface area contributed by atoms with Crippen molar-refractivity contribution in [3.63, 3.8) is 0 Å². The molecule has 1 unspecified atom stereocenters. The summed E-state index contributed by atoms with van der Waals surface area (Å²) in [5.41, 5.74) is 2.46. The molecule has 0 amide bonds. The van der Waals surface area contributed by atoms with Gasteiger partial charge in [0.1, 0.15) is 12.7 Å². The highest BCUT2D eigenvalue weighted by Crippen LogP contribution is 2.49. The average Bonchev–Trinajstić information content (AvgIpc) is 2.91. The molecule has 188 valence electrons. The molecule has 8 heteroatoms. The lowest BCUT2D eigenvalue weighted by Crippen LogP contribution is -2.14. The van der Waals surface area contributed by atoms with Gasteiger partial charge >= 0.3 is 0 Å². The summed E-state index contributed by atoms with van der Waals surface area (Å²) < 4.78 is 39.4. The van der Waals surface area contributed by atoms with Crippen molar-refractivity contribution in [1.29, 1.82) is 0 Å². The van der Waals surface area contributed by atoms with Crippen LogP contribution in [0.3, 0.4) is 0 Å². The molecule has 0 aromatic heterocycles. The standard InChI is InChI=1S/C27H32O8/c1-29-20-13-12-18(14-21(20)30-2)24(28)23-19(27(33-5)34-6)15-22(31-3)25(26(23)32-4)35-16-17-10-8-7-9-11-17/h7-15,24,27-28H,16H2,1-6H3. The SMILES string of the molecule is COc1ccc(C(O)c2c(C(OC)OC)cc(OC)c(OCc3ccccc3)c2OC)cc1OC. The van der Waals surface area contributed by atoms with Crippen LogP contribution in [0.5, 0.6) is 28.7 Å². The van der Waals surface area contributed by atoms with Gasteiger partial charge < -0.3 is 38.3 Å². The normalized spacial score (nSPS) is 11.8. The van der Waals surface area contributed by atoms with Crippen LogP contribution < -0.4 is 23.7 Å². The lowest BCUT2D eigenvalue weighted by atomic mass is 9.94. The molecule has 0 spiro atoms. The third kappa shape index (κ3) is 5.62. The smallest absolute Gasteiger partial charge is 0.204 e. The molecule has 0 radical (unpaired) electrons. The van der Waals surface area contributed by atoms with Crippen LogP contribution in [0.2, 0.25) is 0 Å². The second-order valence-corrected chi connectivity index (χ2v) is 7.54. The van der Waals surface area contributed by atoms with Crippen molar-refractivity contribution in [2.45, 2.75) is 19.0 Å². The third-order valence-corrected chi connectivity index (χ3v) is 5.60. The minimum Gasteiger partial charge on any atom is -0.493 e. The van der Waals surface area contributed by atoms with E-state index in [2.05, 4.69) is 0 Å². The highest BCUT2D eigenvalue weighted by Gasteiger charge is 2.31. The molecule has 0 aliphatic carbocycles. The molecule has 3 rings (SSSR count). The first-order valence-electron chi connectivity index (χ1n) is 10.9. The zero-order chi connectivity index (χ0) is 25.4. The number of rotatable bonds is 12. The predicted molar refractivity (Wildman–Crippen MR) is 131 cm³/mol. The van der Waals surface area contributed by atoms with E-state index in [0.29, 0.717) is 45.4 Å². The molecule has 0 aliphatic heterocycles. The Morgan fingerprint density at radius 2 is 1.34 bits per heavy atom. The van der Waals surface area contributed by atoms with Crippen LogP contribution in [0.25, 0.3) is 0 Å². The maximum absolute atomic E-state index is 11.6. The van der Waals surface area contributed by atoms with Crippen molar-refractivity contribution in [2.24, 2.45) is 0 Å². The Kier molecular flexibility index (Phi) is 9.19. The number of benzene rings is 3. The van der Waals surface area contributed by atoms with E-state index in [0.717, 1.165) is 5.56 Å². The lowest BCUT2D eigenvalue weighted by molar-refractivity contribution is -0.107. The summed E-state index contributed by atoms with van der Waals surface area (Å²) in [6, 6.07) is 16.6. The van der Waals surface area contributed by atoms with Crippen LogP contribution in [0.15, 0.2) is 54.6 Å². The third-order valence-electron chi connectivity index (χ3n) is 5.60. The summed E-state index contributed by atoms with van der Waals surface area (Å²) in [7, 11) is 9.16. The number of hydrogen-bond donors (Lipinski definition) is 1. The summed E-state index contributed by atoms with van der Waals surface area (Å²) in [5, 5.41) is 11.6. The second kappa shape index (κ2) is 12.3. The monoisotopic (exact) mass is 484 g/mol. The fourth-order valence-electron chi connectivity index (χ4n) is 3.89. The zero-order valence-electron chi connectivity index (χ0n) is 20.9. The molecule has 35 heavy (non-hydrogen) atoms. The first kappa shape index (κ1) is 26.2. The Morgan fingerprint density at radius 1 is 0.686 bits per heavy atom. The molecule has 0 aliphatic rings. The first-order chi connectivity index (χ1) is 17.0. The molecule has 1 N–H and O–H groups in total. The van der Waals surface area contributed by atoms with E-state index in [4.69, 9.17) is 33.2 Å². The van der Waals surface area contributed by atoms with Gasteiger partial charge in [0.2, 0.25) is 5.75 Å². The van der Waals surface area contributed by atoms with E-state index in [1.807, 2.05) is 30.3 Å². The van der Waals surface area contributed by atoms with Gasteiger partial charge in [-0.1, -0.05) is 36.4 Å². The van der Waals surface area contributed by atoms with Gasteiger partial charge in [-0.3, -0.25) is 0 Å². The Morgan fingerprint density at radius 3 is 1.91 bits per heavy atom. The summed E-state index contributed by atoms with van der Waals surface area (Å²) in [6.45, 7) is 0.275. The molecule has 0 bridgehead atoms. The summed E-state index contributed by atoms with van der Waals surface area (Å²) >= 11 is 0. The molecule has 3 aromatic rings. The van der Waals surface area contributed by atoms with Crippen LogP contribution in [-0.4, -0.2) is 47.8 Å². The van der Waals surface area contributed by atoms with Crippen molar-refractivity contribution in [1.82, 2.24) is 0 Å². The first-order valence-corrected chi connectivity index (χ1v) is 10.9. The maximum Gasteiger partial charge on any atom is 0.204 e. The van der Waals surface area contributed by atoms with E-state index in [1.165, 1.54) is 35.5 Å².